The van der Waals surface area contributed by atoms with Gasteiger partial charge in [0.15, 0.2) is 0 Å². The number of hydrogen-bond acceptors (Lipinski definition) is 2. The first-order valence-corrected chi connectivity index (χ1v) is 3.62. The van der Waals surface area contributed by atoms with E-state index in [0.29, 0.717) is 13.1 Å². The van der Waals surface area contributed by atoms with Gasteiger partial charge in [0, 0.05) is 6.54 Å². The average Bonchev–Trinajstić information content (AvgIpc) is 2.00. The standard InChI is InChI=1S/C8H16N2O/c1-4-7(11)10-6-8(2,3)5-9/h4H,1,5-6,9H2,2-3H3,(H,10,11). The van der Waals surface area contributed by atoms with Crippen molar-refractivity contribution in [1.29, 1.82) is 0 Å². The third kappa shape index (κ3) is 4.56. The molecule has 0 unspecified atom stereocenters. The Hall–Kier alpha value is -0.830. The maximum atomic E-state index is 10.7. The van der Waals surface area contributed by atoms with Gasteiger partial charge < -0.3 is 11.1 Å². The Balaban J connectivity index is 3.69. The van der Waals surface area contributed by atoms with E-state index in [4.69, 9.17) is 5.73 Å². The van der Waals surface area contributed by atoms with Gasteiger partial charge in [0.25, 0.3) is 0 Å². The van der Waals surface area contributed by atoms with Crippen molar-refractivity contribution in [2.24, 2.45) is 11.1 Å². The van der Waals surface area contributed by atoms with Crippen LogP contribution in [0.5, 0.6) is 0 Å². The number of rotatable bonds is 4. The molecule has 0 aliphatic carbocycles. The van der Waals surface area contributed by atoms with E-state index >= 15 is 0 Å². The summed E-state index contributed by atoms with van der Waals surface area (Å²) in [5.41, 5.74) is 5.43. The Labute approximate surface area is 67.7 Å². The zero-order valence-corrected chi connectivity index (χ0v) is 7.18. The molecule has 3 heteroatoms. The molecule has 0 radical (unpaired) electrons. The van der Waals surface area contributed by atoms with Gasteiger partial charge in [-0.1, -0.05) is 20.4 Å². The quantitative estimate of drug-likeness (QED) is 0.574. The number of nitrogens with one attached hydrogen (secondary N) is 1. The molecule has 0 aromatic carbocycles. The van der Waals surface area contributed by atoms with Gasteiger partial charge in [0.1, 0.15) is 0 Å². The molecule has 3 N–H and O–H groups in total. The molecule has 64 valence electrons. The second kappa shape index (κ2) is 4.13. The zero-order valence-electron chi connectivity index (χ0n) is 7.18. The summed E-state index contributed by atoms with van der Waals surface area (Å²) < 4.78 is 0. The summed E-state index contributed by atoms with van der Waals surface area (Å²) in [6, 6.07) is 0. The lowest BCUT2D eigenvalue weighted by atomic mass is 9.94. The van der Waals surface area contributed by atoms with Crippen molar-refractivity contribution in [1.82, 2.24) is 5.32 Å². The number of nitrogens with two attached hydrogens (primary N) is 1. The fraction of sp³-hybridized carbons (Fsp3) is 0.625. The first-order chi connectivity index (χ1) is 5.02. The van der Waals surface area contributed by atoms with Crippen molar-refractivity contribution in [2.75, 3.05) is 13.1 Å². The largest absolute Gasteiger partial charge is 0.352 e. The molecule has 11 heavy (non-hydrogen) atoms. The van der Waals surface area contributed by atoms with E-state index in [2.05, 4.69) is 11.9 Å². The van der Waals surface area contributed by atoms with Crippen LogP contribution in [0, 0.1) is 5.41 Å². The third-order valence-corrected chi connectivity index (χ3v) is 1.48. The monoisotopic (exact) mass is 156 g/mol. The Bertz CT molecular complexity index is 152. The minimum absolute atomic E-state index is 0.0291. The molecule has 3 nitrogen and oxygen atoms in total. The van der Waals surface area contributed by atoms with Gasteiger partial charge in [-0.3, -0.25) is 4.79 Å². The highest BCUT2D eigenvalue weighted by molar-refractivity contribution is 5.86. The topological polar surface area (TPSA) is 55.1 Å². The van der Waals surface area contributed by atoms with Gasteiger partial charge in [-0.2, -0.15) is 0 Å². The van der Waals surface area contributed by atoms with E-state index in [1.807, 2.05) is 13.8 Å². The molecule has 0 rings (SSSR count). The molecule has 0 atom stereocenters. The van der Waals surface area contributed by atoms with Crippen LogP contribution in [0.2, 0.25) is 0 Å². The predicted octanol–water partition coefficient (Wildman–Crippen LogP) is 0.273. The minimum Gasteiger partial charge on any atom is -0.352 e. The highest BCUT2D eigenvalue weighted by Crippen LogP contribution is 2.09. The Morgan fingerprint density at radius 3 is 2.64 bits per heavy atom. The zero-order chi connectivity index (χ0) is 8.91. The van der Waals surface area contributed by atoms with Gasteiger partial charge >= 0.3 is 0 Å². The summed E-state index contributed by atoms with van der Waals surface area (Å²) in [5.74, 6) is -0.147. The summed E-state index contributed by atoms with van der Waals surface area (Å²) in [6.45, 7) is 8.49. The Kier molecular flexibility index (Phi) is 3.82. The van der Waals surface area contributed by atoms with Crippen molar-refractivity contribution in [3.63, 3.8) is 0 Å². The SMILES string of the molecule is C=CC(=O)NCC(C)(C)CN. The maximum absolute atomic E-state index is 10.7. The molecule has 1 amide bonds. The van der Waals surface area contributed by atoms with Crippen LogP contribution in [-0.2, 0) is 4.79 Å². The summed E-state index contributed by atoms with van der Waals surface area (Å²) in [4.78, 5) is 10.7. The van der Waals surface area contributed by atoms with Crippen molar-refractivity contribution in [2.45, 2.75) is 13.8 Å². The molecule has 0 fully saturated rings. The van der Waals surface area contributed by atoms with Crippen molar-refractivity contribution in [3.05, 3.63) is 12.7 Å². The lowest BCUT2D eigenvalue weighted by molar-refractivity contribution is -0.116. The van der Waals surface area contributed by atoms with E-state index in [1.54, 1.807) is 0 Å². The number of carbonyl (C=O) groups is 1. The highest BCUT2D eigenvalue weighted by atomic mass is 16.1. The van der Waals surface area contributed by atoms with Crippen LogP contribution < -0.4 is 11.1 Å². The highest BCUT2D eigenvalue weighted by Gasteiger charge is 2.15. The maximum Gasteiger partial charge on any atom is 0.243 e. The van der Waals surface area contributed by atoms with Crippen LogP contribution in [0.25, 0.3) is 0 Å². The van der Waals surface area contributed by atoms with Crippen LogP contribution >= 0.6 is 0 Å². The van der Waals surface area contributed by atoms with Gasteiger partial charge in [0.05, 0.1) is 0 Å². The fourth-order valence-corrected chi connectivity index (χ4v) is 0.471. The molecule has 0 saturated carbocycles. The summed E-state index contributed by atoms with van der Waals surface area (Å²) in [7, 11) is 0. The molecule has 0 aromatic rings. The first-order valence-electron chi connectivity index (χ1n) is 3.62. The molecule has 0 aliphatic rings. The summed E-state index contributed by atoms with van der Waals surface area (Å²) in [5, 5.41) is 2.69. The first kappa shape index (κ1) is 10.2. The average molecular weight is 156 g/mol. The van der Waals surface area contributed by atoms with E-state index in [0.717, 1.165) is 0 Å². The molecular weight excluding hydrogens is 140 g/mol. The molecule has 0 bridgehead atoms. The second-order valence-corrected chi connectivity index (χ2v) is 3.29. The normalized spacial score (nSPS) is 10.8. The lowest BCUT2D eigenvalue weighted by Gasteiger charge is -2.21. The number of carbonyl (C=O) groups excluding carboxylic acids is 1. The van der Waals surface area contributed by atoms with Crippen molar-refractivity contribution < 1.29 is 4.79 Å². The van der Waals surface area contributed by atoms with Crippen LogP contribution in [0.4, 0.5) is 0 Å². The van der Waals surface area contributed by atoms with E-state index in [1.165, 1.54) is 6.08 Å². The molecule has 0 spiro atoms. The van der Waals surface area contributed by atoms with E-state index in [9.17, 15) is 4.79 Å². The molecule has 0 saturated heterocycles. The fourth-order valence-electron chi connectivity index (χ4n) is 0.471. The number of hydrogen-bond donors (Lipinski definition) is 2. The van der Waals surface area contributed by atoms with Crippen LogP contribution in [-0.4, -0.2) is 19.0 Å². The van der Waals surface area contributed by atoms with Gasteiger partial charge in [0.2, 0.25) is 5.91 Å². The third-order valence-electron chi connectivity index (χ3n) is 1.48. The number of amides is 1. The van der Waals surface area contributed by atoms with Gasteiger partial charge in [-0.05, 0) is 18.0 Å². The van der Waals surface area contributed by atoms with Crippen LogP contribution in [0.15, 0.2) is 12.7 Å². The van der Waals surface area contributed by atoms with Crippen molar-refractivity contribution in [3.8, 4) is 0 Å². The van der Waals surface area contributed by atoms with E-state index in [-0.39, 0.29) is 11.3 Å². The summed E-state index contributed by atoms with van der Waals surface area (Å²) >= 11 is 0. The Morgan fingerprint density at radius 2 is 2.27 bits per heavy atom. The van der Waals surface area contributed by atoms with E-state index < -0.39 is 0 Å². The molecule has 0 heterocycles. The second-order valence-electron chi connectivity index (χ2n) is 3.29. The van der Waals surface area contributed by atoms with Gasteiger partial charge in [-0.25, -0.2) is 0 Å². The smallest absolute Gasteiger partial charge is 0.243 e. The predicted molar refractivity (Wildman–Crippen MR) is 46.0 cm³/mol. The van der Waals surface area contributed by atoms with Crippen LogP contribution in [0.1, 0.15) is 13.8 Å². The lowest BCUT2D eigenvalue weighted by Crippen LogP contribution is -2.37. The van der Waals surface area contributed by atoms with Crippen molar-refractivity contribution >= 4 is 5.91 Å². The molecule has 0 aliphatic heterocycles. The Morgan fingerprint density at radius 1 is 1.73 bits per heavy atom. The van der Waals surface area contributed by atoms with Gasteiger partial charge in [-0.15, -0.1) is 0 Å². The van der Waals surface area contributed by atoms with Crippen LogP contribution in [0.3, 0.4) is 0 Å². The minimum atomic E-state index is -0.147. The molecular formula is C8H16N2O. The molecule has 0 aromatic heterocycles. The summed E-state index contributed by atoms with van der Waals surface area (Å²) in [6.07, 6.45) is 1.26.